The maximum Gasteiger partial charge on any atom is 0.418 e. The number of nitrogen functional groups attached to an aromatic ring is 1. The molecule has 2 rings (SSSR count). The molecule has 0 unspecified atom stereocenters. The molecule has 0 saturated heterocycles. The predicted octanol–water partition coefficient (Wildman–Crippen LogP) is 3.35. The van der Waals surface area contributed by atoms with Crippen LogP contribution in [0.4, 0.5) is 18.9 Å². The number of nitrogens with one attached hydrogen (secondary N) is 1. The molecule has 0 spiro atoms. The average Bonchev–Trinajstić information content (AvgIpc) is 2.32. The summed E-state index contributed by atoms with van der Waals surface area (Å²) >= 11 is 0. The lowest BCUT2D eigenvalue weighted by Gasteiger charge is -2.42. The second-order valence-corrected chi connectivity index (χ2v) is 5.21. The molecular formula is C14H17F3N2O. The fourth-order valence-electron chi connectivity index (χ4n) is 2.49. The first-order chi connectivity index (χ1) is 9.29. The van der Waals surface area contributed by atoms with Gasteiger partial charge in [0.2, 0.25) is 0 Å². The first-order valence-corrected chi connectivity index (χ1v) is 6.57. The first-order valence-electron chi connectivity index (χ1n) is 6.57. The van der Waals surface area contributed by atoms with Crippen molar-refractivity contribution in [3.63, 3.8) is 0 Å². The van der Waals surface area contributed by atoms with E-state index >= 15 is 0 Å². The lowest BCUT2D eigenvalue weighted by atomic mass is 9.74. The van der Waals surface area contributed by atoms with E-state index in [-0.39, 0.29) is 11.1 Å². The molecule has 1 aromatic rings. The summed E-state index contributed by atoms with van der Waals surface area (Å²) in [5.41, 5.74) is 3.64. The van der Waals surface area contributed by atoms with E-state index in [0.717, 1.165) is 31.7 Å². The normalized spacial score (nSPS) is 17.4. The number of hydrogen-bond acceptors (Lipinski definition) is 2. The van der Waals surface area contributed by atoms with Crippen LogP contribution in [0.25, 0.3) is 0 Å². The number of hydrogen-bond donors (Lipinski definition) is 2. The van der Waals surface area contributed by atoms with E-state index in [1.807, 2.05) is 6.92 Å². The zero-order valence-corrected chi connectivity index (χ0v) is 11.2. The Morgan fingerprint density at radius 3 is 2.50 bits per heavy atom. The third-order valence-corrected chi connectivity index (χ3v) is 4.02. The molecule has 20 heavy (non-hydrogen) atoms. The summed E-state index contributed by atoms with van der Waals surface area (Å²) in [5.74, 6) is -0.532. The van der Waals surface area contributed by atoms with E-state index in [2.05, 4.69) is 5.32 Å². The van der Waals surface area contributed by atoms with Gasteiger partial charge in [0.05, 0.1) is 16.8 Å². The zero-order valence-electron chi connectivity index (χ0n) is 11.2. The van der Waals surface area contributed by atoms with Crippen molar-refractivity contribution in [2.75, 3.05) is 5.73 Å². The summed E-state index contributed by atoms with van der Waals surface area (Å²) in [6.45, 7) is 1.95. The summed E-state index contributed by atoms with van der Waals surface area (Å²) in [6, 6.07) is 3.40. The lowest BCUT2D eigenvalue weighted by molar-refractivity contribution is -0.136. The van der Waals surface area contributed by atoms with Crippen molar-refractivity contribution in [2.24, 2.45) is 0 Å². The van der Waals surface area contributed by atoms with Crippen LogP contribution in [0, 0.1) is 0 Å². The molecule has 110 valence electrons. The fourth-order valence-corrected chi connectivity index (χ4v) is 2.49. The van der Waals surface area contributed by atoms with E-state index < -0.39 is 23.3 Å². The minimum atomic E-state index is -4.56. The third kappa shape index (κ3) is 2.59. The van der Waals surface area contributed by atoms with Crippen molar-refractivity contribution in [1.29, 1.82) is 0 Å². The molecular weight excluding hydrogens is 269 g/mol. The van der Waals surface area contributed by atoms with E-state index in [1.165, 1.54) is 12.1 Å². The van der Waals surface area contributed by atoms with Crippen LogP contribution < -0.4 is 11.1 Å². The quantitative estimate of drug-likeness (QED) is 0.837. The summed E-state index contributed by atoms with van der Waals surface area (Å²) in [7, 11) is 0. The van der Waals surface area contributed by atoms with Gasteiger partial charge in [-0.05, 0) is 37.8 Å². The number of carbonyl (C=O) groups excluding carboxylic acids is 1. The number of carbonyl (C=O) groups is 1. The Bertz CT molecular complexity index is 516. The molecule has 0 atom stereocenters. The predicted molar refractivity (Wildman–Crippen MR) is 70.2 cm³/mol. The van der Waals surface area contributed by atoms with Gasteiger partial charge >= 0.3 is 6.18 Å². The molecule has 3 N–H and O–H groups in total. The monoisotopic (exact) mass is 286 g/mol. The highest BCUT2D eigenvalue weighted by atomic mass is 19.4. The van der Waals surface area contributed by atoms with E-state index in [4.69, 9.17) is 5.73 Å². The Morgan fingerprint density at radius 2 is 2.05 bits per heavy atom. The van der Waals surface area contributed by atoms with E-state index in [1.54, 1.807) is 0 Å². The molecule has 0 heterocycles. The summed E-state index contributed by atoms with van der Waals surface area (Å²) in [4.78, 5) is 12.2. The van der Waals surface area contributed by atoms with Crippen LogP contribution in [0.5, 0.6) is 0 Å². The molecule has 0 bridgehead atoms. The number of amides is 1. The second kappa shape index (κ2) is 5.00. The van der Waals surface area contributed by atoms with Crippen LogP contribution in [0.3, 0.4) is 0 Å². The molecule has 1 aliphatic carbocycles. The molecule has 1 aromatic carbocycles. The van der Waals surface area contributed by atoms with Gasteiger partial charge in [0, 0.05) is 5.54 Å². The Morgan fingerprint density at radius 1 is 1.40 bits per heavy atom. The molecule has 1 amide bonds. The van der Waals surface area contributed by atoms with Crippen LogP contribution in [0.2, 0.25) is 0 Å². The van der Waals surface area contributed by atoms with Crippen LogP contribution in [0.1, 0.15) is 48.5 Å². The van der Waals surface area contributed by atoms with Gasteiger partial charge in [-0.3, -0.25) is 4.79 Å². The third-order valence-electron chi connectivity index (χ3n) is 4.02. The van der Waals surface area contributed by atoms with Crippen molar-refractivity contribution in [1.82, 2.24) is 5.32 Å². The standard InChI is InChI=1S/C14H17F3N2O/c1-2-13(7-4-8-13)19-12(20)9-5-3-6-10(11(9)18)14(15,16)17/h3,5-6H,2,4,7-8,18H2,1H3,(H,19,20). The number of para-hydroxylation sites is 1. The summed E-state index contributed by atoms with van der Waals surface area (Å²) < 4.78 is 38.3. The summed E-state index contributed by atoms with van der Waals surface area (Å²) in [6.07, 6.45) is -1.06. The van der Waals surface area contributed by atoms with Crippen LogP contribution >= 0.6 is 0 Å². The van der Waals surface area contributed by atoms with Gasteiger partial charge in [0.25, 0.3) is 5.91 Å². The van der Waals surface area contributed by atoms with Gasteiger partial charge in [-0.15, -0.1) is 0 Å². The van der Waals surface area contributed by atoms with Crippen molar-refractivity contribution < 1.29 is 18.0 Å². The fraction of sp³-hybridized carbons (Fsp3) is 0.500. The smallest absolute Gasteiger partial charge is 0.398 e. The number of anilines is 1. The lowest BCUT2D eigenvalue weighted by Crippen LogP contribution is -2.53. The van der Waals surface area contributed by atoms with Gasteiger partial charge < -0.3 is 11.1 Å². The summed E-state index contributed by atoms with van der Waals surface area (Å²) in [5, 5.41) is 2.83. The number of halogens is 3. The van der Waals surface area contributed by atoms with Gasteiger partial charge in [-0.25, -0.2) is 0 Å². The molecule has 1 fully saturated rings. The van der Waals surface area contributed by atoms with E-state index in [0.29, 0.717) is 0 Å². The topological polar surface area (TPSA) is 55.1 Å². The molecule has 0 aromatic heterocycles. The highest BCUT2D eigenvalue weighted by Gasteiger charge is 2.38. The highest BCUT2D eigenvalue weighted by Crippen LogP contribution is 2.37. The zero-order chi connectivity index (χ0) is 15.0. The molecule has 1 aliphatic rings. The highest BCUT2D eigenvalue weighted by molar-refractivity contribution is 6.00. The first kappa shape index (κ1) is 14.7. The van der Waals surface area contributed by atoms with Crippen molar-refractivity contribution >= 4 is 11.6 Å². The number of benzene rings is 1. The van der Waals surface area contributed by atoms with Crippen molar-refractivity contribution in [3.05, 3.63) is 29.3 Å². The maximum atomic E-state index is 12.8. The minimum Gasteiger partial charge on any atom is -0.398 e. The number of nitrogens with two attached hydrogens (primary N) is 1. The van der Waals surface area contributed by atoms with Gasteiger partial charge in [0.15, 0.2) is 0 Å². The molecule has 3 nitrogen and oxygen atoms in total. The SMILES string of the molecule is CCC1(NC(=O)c2cccc(C(F)(F)F)c2N)CCC1. The minimum absolute atomic E-state index is 0.112. The largest absolute Gasteiger partial charge is 0.418 e. The van der Waals surface area contributed by atoms with Crippen LogP contribution in [0.15, 0.2) is 18.2 Å². The Labute approximate surface area is 115 Å². The second-order valence-electron chi connectivity index (χ2n) is 5.21. The molecule has 0 radical (unpaired) electrons. The Balaban J connectivity index is 2.27. The average molecular weight is 286 g/mol. The molecule has 6 heteroatoms. The number of rotatable bonds is 3. The van der Waals surface area contributed by atoms with Gasteiger partial charge in [-0.2, -0.15) is 13.2 Å². The van der Waals surface area contributed by atoms with Crippen LogP contribution in [-0.2, 0) is 6.18 Å². The molecule has 1 saturated carbocycles. The van der Waals surface area contributed by atoms with E-state index in [9.17, 15) is 18.0 Å². The Kier molecular flexibility index (Phi) is 3.67. The van der Waals surface area contributed by atoms with Crippen molar-refractivity contribution in [2.45, 2.75) is 44.3 Å². The van der Waals surface area contributed by atoms with Crippen LogP contribution in [-0.4, -0.2) is 11.4 Å². The Hall–Kier alpha value is -1.72. The number of alkyl halides is 3. The maximum absolute atomic E-state index is 12.8. The van der Waals surface area contributed by atoms with Gasteiger partial charge in [-0.1, -0.05) is 13.0 Å². The molecule has 0 aliphatic heterocycles. The van der Waals surface area contributed by atoms with Crippen molar-refractivity contribution in [3.8, 4) is 0 Å². The van der Waals surface area contributed by atoms with Gasteiger partial charge in [0.1, 0.15) is 0 Å².